The fourth-order valence-electron chi connectivity index (χ4n) is 2.31. The zero-order valence-electron chi connectivity index (χ0n) is 15.2. The molecule has 0 aliphatic heterocycles. The molecule has 0 aliphatic carbocycles. The van der Waals surface area contributed by atoms with Crippen molar-refractivity contribution >= 4 is 35.0 Å². The molecule has 0 saturated carbocycles. The highest BCUT2D eigenvalue weighted by Crippen LogP contribution is 2.21. The van der Waals surface area contributed by atoms with Gasteiger partial charge in [-0.25, -0.2) is 4.98 Å². The normalized spacial score (nSPS) is 10.4. The van der Waals surface area contributed by atoms with E-state index in [1.54, 1.807) is 60.5 Å². The van der Waals surface area contributed by atoms with Gasteiger partial charge in [0.05, 0.1) is 12.9 Å². The third-order valence-electron chi connectivity index (χ3n) is 3.62. The summed E-state index contributed by atoms with van der Waals surface area (Å²) in [6.45, 7) is 0. The molecule has 0 radical (unpaired) electrons. The van der Waals surface area contributed by atoms with Gasteiger partial charge in [-0.2, -0.15) is 0 Å². The molecule has 0 saturated heterocycles. The van der Waals surface area contributed by atoms with E-state index in [0.717, 1.165) is 0 Å². The van der Waals surface area contributed by atoms with Crippen LogP contribution in [-0.4, -0.2) is 44.4 Å². The summed E-state index contributed by atoms with van der Waals surface area (Å²) in [5.41, 5.74) is 1.38. The maximum Gasteiger partial charge on any atom is 0.255 e. The van der Waals surface area contributed by atoms with E-state index < -0.39 is 0 Å². The molecule has 0 spiro atoms. The topological polar surface area (TPSA) is 111 Å². The fourth-order valence-corrected chi connectivity index (χ4v) is 3.00. The summed E-state index contributed by atoms with van der Waals surface area (Å²) < 4.78 is 6.86. The van der Waals surface area contributed by atoms with Gasteiger partial charge in [-0.1, -0.05) is 17.8 Å². The number of hydrogen-bond donors (Lipinski definition) is 2. The van der Waals surface area contributed by atoms with Crippen molar-refractivity contribution in [3.8, 4) is 5.88 Å². The Morgan fingerprint density at radius 1 is 1.21 bits per heavy atom. The minimum Gasteiger partial charge on any atom is -0.480 e. The molecule has 0 atom stereocenters. The number of amides is 2. The Morgan fingerprint density at radius 3 is 2.82 bits per heavy atom. The number of ether oxygens (including phenoxy) is 1. The molecule has 1 aromatic carbocycles. The first-order valence-electron chi connectivity index (χ1n) is 8.24. The van der Waals surface area contributed by atoms with Crippen LogP contribution in [0.5, 0.6) is 5.88 Å². The first kappa shape index (κ1) is 19.4. The number of rotatable bonds is 7. The molecular formula is C18H18N6O3S. The minimum absolute atomic E-state index is 0.176. The number of carbonyl (C=O) groups excluding carboxylic acids is 2. The fraction of sp³-hybridized carbons (Fsp3) is 0.167. The van der Waals surface area contributed by atoms with E-state index in [0.29, 0.717) is 28.0 Å². The summed E-state index contributed by atoms with van der Waals surface area (Å²) in [5.74, 6) is -0.0491. The second kappa shape index (κ2) is 9.00. The van der Waals surface area contributed by atoms with E-state index >= 15 is 0 Å². The van der Waals surface area contributed by atoms with Gasteiger partial charge >= 0.3 is 0 Å². The molecule has 2 amide bonds. The Kier molecular flexibility index (Phi) is 6.22. The molecule has 0 aliphatic rings. The smallest absolute Gasteiger partial charge is 0.255 e. The molecule has 0 unspecified atom stereocenters. The number of anilines is 2. The van der Waals surface area contributed by atoms with Crippen LogP contribution in [0.25, 0.3) is 0 Å². The molecule has 3 rings (SSSR count). The third kappa shape index (κ3) is 4.86. The Balaban J connectivity index is 1.62. The van der Waals surface area contributed by atoms with Crippen molar-refractivity contribution in [1.29, 1.82) is 0 Å². The van der Waals surface area contributed by atoms with Gasteiger partial charge < -0.3 is 19.9 Å². The van der Waals surface area contributed by atoms with Crippen LogP contribution in [0.3, 0.4) is 0 Å². The van der Waals surface area contributed by atoms with E-state index in [-0.39, 0.29) is 17.6 Å². The third-order valence-corrected chi connectivity index (χ3v) is 4.66. The number of benzene rings is 1. The van der Waals surface area contributed by atoms with E-state index in [9.17, 15) is 9.59 Å². The van der Waals surface area contributed by atoms with Crippen molar-refractivity contribution in [3.63, 3.8) is 0 Å². The molecule has 0 bridgehead atoms. The van der Waals surface area contributed by atoms with Gasteiger partial charge in [-0.15, -0.1) is 10.2 Å². The van der Waals surface area contributed by atoms with Crippen molar-refractivity contribution in [1.82, 2.24) is 19.7 Å². The minimum atomic E-state index is -0.337. The zero-order valence-corrected chi connectivity index (χ0v) is 16.1. The maximum absolute atomic E-state index is 12.5. The largest absolute Gasteiger partial charge is 0.480 e. The van der Waals surface area contributed by atoms with Crippen LogP contribution in [0, 0.1) is 0 Å². The van der Waals surface area contributed by atoms with Crippen LogP contribution >= 0.6 is 11.8 Å². The average Bonchev–Trinajstić information content (AvgIpc) is 3.12. The standard InChI is InChI=1S/C18H18N6O3S/c1-24-11-20-23-18(24)28-10-15(25)21-13-6-3-5-12(9-13)16(26)22-14-7-4-8-19-17(14)27-2/h3-9,11H,10H2,1-2H3,(H,21,25)(H,22,26). The quantitative estimate of drug-likeness (QED) is 0.587. The van der Waals surface area contributed by atoms with Gasteiger partial charge in [0, 0.05) is 24.5 Å². The number of hydrogen-bond acceptors (Lipinski definition) is 7. The number of methoxy groups -OCH3 is 1. The van der Waals surface area contributed by atoms with Crippen LogP contribution in [0.4, 0.5) is 11.4 Å². The van der Waals surface area contributed by atoms with E-state index in [2.05, 4.69) is 25.8 Å². The van der Waals surface area contributed by atoms with Gasteiger partial charge in [0.1, 0.15) is 12.0 Å². The van der Waals surface area contributed by atoms with E-state index in [1.807, 2.05) is 0 Å². The van der Waals surface area contributed by atoms with Crippen molar-refractivity contribution in [2.24, 2.45) is 7.05 Å². The summed E-state index contributed by atoms with van der Waals surface area (Å²) in [5, 5.41) is 13.8. The number of nitrogens with zero attached hydrogens (tertiary/aromatic N) is 4. The van der Waals surface area contributed by atoms with Crippen molar-refractivity contribution in [2.75, 3.05) is 23.5 Å². The predicted molar refractivity (Wildman–Crippen MR) is 106 cm³/mol. The molecule has 2 aromatic heterocycles. The van der Waals surface area contributed by atoms with Gasteiger partial charge in [0.25, 0.3) is 5.91 Å². The molecule has 28 heavy (non-hydrogen) atoms. The lowest BCUT2D eigenvalue weighted by Gasteiger charge is -2.10. The number of aromatic nitrogens is 4. The second-order valence-electron chi connectivity index (χ2n) is 5.66. The number of pyridine rings is 1. The Morgan fingerprint density at radius 2 is 2.07 bits per heavy atom. The second-order valence-corrected chi connectivity index (χ2v) is 6.60. The van der Waals surface area contributed by atoms with Gasteiger partial charge in [0.15, 0.2) is 5.16 Å². The molecule has 9 nitrogen and oxygen atoms in total. The van der Waals surface area contributed by atoms with Gasteiger partial charge in [0.2, 0.25) is 11.8 Å². The maximum atomic E-state index is 12.5. The lowest BCUT2D eigenvalue weighted by Crippen LogP contribution is -2.16. The number of nitrogens with one attached hydrogen (secondary N) is 2. The Bertz CT molecular complexity index is 991. The van der Waals surface area contributed by atoms with Crippen LogP contribution in [-0.2, 0) is 11.8 Å². The lowest BCUT2D eigenvalue weighted by atomic mass is 10.2. The van der Waals surface area contributed by atoms with Crippen LogP contribution in [0.1, 0.15) is 10.4 Å². The highest BCUT2D eigenvalue weighted by atomic mass is 32.2. The highest BCUT2D eigenvalue weighted by molar-refractivity contribution is 7.99. The number of carbonyl (C=O) groups is 2. The summed E-state index contributed by atoms with van der Waals surface area (Å²) in [4.78, 5) is 28.7. The Labute approximate surface area is 165 Å². The van der Waals surface area contributed by atoms with Gasteiger partial charge in [-0.3, -0.25) is 9.59 Å². The molecular weight excluding hydrogens is 380 g/mol. The highest BCUT2D eigenvalue weighted by Gasteiger charge is 2.12. The zero-order chi connectivity index (χ0) is 19.9. The molecule has 3 aromatic rings. The molecule has 10 heteroatoms. The Hall–Kier alpha value is -3.40. The summed E-state index contributed by atoms with van der Waals surface area (Å²) in [6, 6.07) is 10.1. The summed E-state index contributed by atoms with van der Waals surface area (Å²) in [7, 11) is 3.28. The average molecular weight is 398 g/mol. The number of aryl methyl sites for hydroxylation is 1. The predicted octanol–water partition coefficient (Wildman–Crippen LogP) is 2.20. The molecule has 2 heterocycles. The van der Waals surface area contributed by atoms with Gasteiger partial charge in [-0.05, 0) is 30.3 Å². The summed E-state index contributed by atoms with van der Waals surface area (Å²) in [6.07, 6.45) is 3.14. The van der Waals surface area contributed by atoms with Crippen molar-refractivity contribution in [3.05, 3.63) is 54.5 Å². The first-order valence-corrected chi connectivity index (χ1v) is 9.22. The van der Waals surface area contributed by atoms with Crippen LogP contribution in [0.15, 0.2) is 54.1 Å². The molecule has 2 N–H and O–H groups in total. The monoisotopic (exact) mass is 398 g/mol. The number of thioether (sulfide) groups is 1. The SMILES string of the molecule is COc1ncccc1NC(=O)c1cccc(NC(=O)CSc2nncn2C)c1. The van der Waals surface area contributed by atoms with Crippen LogP contribution in [0.2, 0.25) is 0 Å². The summed E-state index contributed by atoms with van der Waals surface area (Å²) >= 11 is 1.27. The van der Waals surface area contributed by atoms with E-state index in [4.69, 9.17) is 4.74 Å². The van der Waals surface area contributed by atoms with Crippen LogP contribution < -0.4 is 15.4 Å². The lowest BCUT2D eigenvalue weighted by molar-refractivity contribution is -0.113. The van der Waals surface area contributed by atoms with E-state index in [1.165, 1.54) is 18.9 Å². The molecule has 144 valence electrons. The van der Waals surface area contributed by atoms with Crippen molar-refractivity contribution in [2.45, 2.75) is 5.16 Å². The first-order chi connectivity index (χ1) is 13.6. The molecule has 0 fully saturated rings. The van der Waals surface area contributed by atoms with Crippen molar-refractivity contribution < 1.29 is 14.3 Å².